The number of nitrogen functional groups attached to an aromatic ring is 1. The van der Waals surface area contributed by atoms with Crippen LogP contribution in [0.1, 0.15) is 5.56 Å². The molecule has 0 amide bonds. The van der Waals surface area contributed by atoms with E-state index in [-0.39, 0.29) is 0 Å². The van der Waals surface area contributed by atoms with E-state index in [4.69, 9.17) is 10.3 Å². The molecule has 0 aliphatic rings. The average molecular weight is 175 g/mol. The lowest BCUT2D eigenvalue weighted by Crippen LogP contribution is -1.82. The molecule has 66 valence electrons. The molecule has 0 saturated carbocycles. The number of aromatic nitrogens is 2. The number of rotatable bonds is 1. The van der Waals surface area contributed by atoms with Crippen molar-refractivity contribution in [3.8, 4) is 11.5 Å². The molecule has 0 spiro atoms. The van der Waals surface area contributed by atoms with Gasteiger partial charge >= 0.3 is 0 Å². The van der Waals surface area contributed by atoms with E-state index in [0.717, 1.165) is 11.3 Å². The van der Waals surface area contributed by atoms with Gasteiger partial charge in [0.05, 0.1) is 0 Å². The van der Waals surface area contributed by atoms with Crippen molar-refractivity contribution >= 4 is 5.82 Å². The van der Waals surface area contributed by atoms with E-state index in [1.54, 1.807) is 12.3 Å². The molecular formula is C9H9N3O. The summed E-state index contributed by atoms with van der Waals surface area (Å²) in [6, 6.07) is 5.49. The molecular weight excluding hydrogens is 166 g/mol. The summed E-state index contributed by atoms with van der Waals surface area (Å²) in [4.78, 5) is 4.13. The normalized spacial score (nSPS) is 10.2. The molecule has 4 heteroatoms. The number of nitrogens with two attached hydrogens (primary N) is 1. The third kappa shape index (κ3) is 1.51. The lowest BCUT2D eigenvalue weighted by atomic mass is 10.2. The van der Waals surface area contributed by atoms with Crippen LogP contribution in [0.2, 0.25) is 0 Å². The Morgan fingerprint density at radius 1 is 1.38 bits per heavy atom. The van der Waals surface area contributed by atoms with Gasteiger partial charge in [0.15, 0.2) is 11.6 Å². The van der Waals surface area contributed by atoms with Crippen LogP contribution >= 0.6 is 0 Å². The second-order valence-corrected chi connectivity index (χ2v) is 2.83. The molecule has 2 aromatic rings. The summed E-state index contributed by atoms with van der Waals surface area (Å²) in [5, 5.41) is 3.59. The first-order valence-electron chi connectivity index (χ1n) is 3.91. The van der Waals surface area contributed by atoms with Crippen LogP contribution in [-0.4, -0.2) is 10.1 Å². The lowest BCUT2D eigenvalue weighted by molar-refractivity contribution is 0.434. The van der Waals surface area contributed by atoms with E-state index in [2.05, 4.69) is 10.1 Å². The number of aryl methyl sites for hydroxylation is 1. The van der Waals surface area contributed by atoms with Gasteiger partial charge in [0.25, 0.3) is 0 Å². The zero-order valence-electron chi connectivity index (χ0n) is 7.19. The van der Waals surface area contributed by atoms with E-state index >= 15 is 0 Å². The Morgan fingerprint density at radius 3 is 2.85 bits per heavy atom. The third-order valence-corrected chi connectivity index (χ3v) is 1.70. The molecule has 0 atom stereocenters. The van der Waals surface area contributed by atoms with Crippen LogP contribution in [0.25, 0.3) is 11.5 Å². The molecule has 13 heavy (non-hydrogen) atoms. The molecule has 2 rings (SSSR count). The predicted octanol–water partition coefficient (Wildman–Crippen LogP) is 1.63. The second-order valence-electron chi connectivity index (χ2n) is 2.83. The van der Waals surface area contributed by atoms with E-state index < -0.39 is 0 Å². The van der Waals surface area contributed by atoms with Crippen LogP contribution in [0.5, 0.6) is 0 Å². The van der Waals surface area contributed by atoms with Crippen LogP contribution in [0.4, 0.5) is 5.82 Å². The number of anilines is 1. The molecule has 0 fully saturated rings. The largest absolute Gasteiger partial charge is 0.381 e. The predicted molar refractivity (Wildman–Crippen MR) is 48.9 cm³/mol. The fraction of sp³-hybridized carbons (Fsp3) is 0.111. The van der Waals surface area contributed by atoms with Gasteiger partial charge in [-0.25, -0.2) is 0 Å². The summed E-state index contributed by atoms with van der Waals surface area (Å²) in [6.45, 7) is 1.99. The molecule has 2 N–H and O–H groups in total. The van der Waals surface area contributed by atoms with Crippen molar-refractivity contribution in [1.82, 2.24) is 10.1 Å². The zero-order valence-corrected chi connectivity index (χ0v) is 7.19. The van der Waals surface area contributed by atoms with Gasteiger partial charge in [-0.3, -0.25) is 4.98 Å². The monoisotopic (exact) mass is 175 g/mol. The van der Waals surface area contributed by atoms with Crippen molar-refractivity contribution in [3.63, 3.8) is 0 Å². The summed E-state index contributed by atoms with van der Waals surface area (Å²) < 4.78 is 4.97. The van der Waals surface area contributed by atoms with E-state index in [1.165, 1.54) is 0 Å². The summed E-state index contributed by atoms with van der Waals surface area (Å²) in [6.07, 6.45) is 1.73. The fourth-order valence-electron chi connectivity index (χ4n) is 1.08. The van der Waals surface area contributed by atoms with Gasteiger partial charge in [-0.05, 0) is 24.6 Å². The van der Waals surface area contributed by atoms with E-state index in [1.807, 2.05) is 19.1 Å². The van der Waals surface area contributed by atoms with Gasteiger partial charge < -0.3 is 10.3 Å². The Bertz CT molecular complexity index is 422. The van der Waals surface area contributed by atoms with Gasteiger partial charge in [0.2, 0.25) is 0 Å². The number of hydrogen-bond donors (Lipinski definition) is 1. The average Bonchev–Trinajstić information content (AvgIpc) is 2.52. The molecule has 4 nitrogen and oxygen atoms in total. The van der Waals surface area contributed by atoms with Crippen LogP contribution < -0.4 is 5.73 Å². The van der Waals surface area contributed by atoms with Crippen molar-refractivity contribution in [3.05, 3.63) is 30.0 Å². The highest BCUT2D eigenvalue weighted by Gasteiger charge is 2.05. The van der Waals surface area contributed by atoms with Crippen LogP contribution in [0, 0.1) is 6.92 Å². The molecule has 0 saturated heterocycles. The molecule has 0 aliphatic heterocycles. The number of nitrogens with zero attached hydrogens (tertiary/aromatic N) is 2. The first-order valence-corrected chi connectivity index (χ1v) is 3.91. The number of hydrogen-bond acceptors (Lipinski definition) is 4. The van der Waals surface area contributed by atoms with E-state index in [9.17, 15) is 0 Å². The van der Waals surface area contributed by atoms with Gasteiger partial charge in [-0.1, -0.05) is 5.16 Å². The minimum absolute atomic E-state index is 0.373. The molecule has 0 unspecified atom stereocenters. The summed E-state index contributed by atoms with van der Waals surface area (Å²) in [7, 11) is 0. The van der Waals surface area contributed by atoms with Crippen LogP contribution in [0.3, 0.4) is 0 Å². The van der Waals surface area contributed by atoms with Crippen molar-refractivity contribution in [2.45, 2.75) is 6.92 Å². The Labute approximate surface area is 75.4 Å². The highest BCUT2D eigenvalue weighted by Crippen LogP contribution is 2.19. The van der Waals surface area contributed by atoms with Gasteiger partial charge in [0.1, 0.15) is 5.69 Å². The summed E-state index contributed by atoms with van der Waals surface area (Å²) >= 11 is 0. The van der Waals surface area contributed by atoms with Crippen molar-refractivity contribution in [2.75, 3.05) is 5.73 Å². The Hall–Kier alpha value is -1.84. The van der Waals surface area contributed by atoms with Crippen molar-refractivity contribution < 1.29 is 4.52 Å². The van der Waals surface area contributed by atoms with Crippen molar-refractivity contribution in [1.29, 1.82) is 0 Å². The Balaban J connectivity index is 2.46. The topological polar surface area (TPSA) is 64.9 Å². The Kier molecular flexibility index (Phi) is 1.73. The van der Waals surface area contributed by atoms with Crippen LogP contribution in [-0.2, 0) is 0 Å². The maximum absolute atomic E-state index is 5.42. The Morgan fingerprint density at radius 2 is 2.23 bits per heavy atom. The first-order chi connectivity index (χ1) is 6.25. The molecule has 0 aliphatic carbocycles. The smallest absolute Gasteiger partial charge is 0.187 e. The standard InChI is InChI=1S/C9H9N3O/c1-6-2-3-11-7(4-6)8-5-9(10)12-13-8/h2-5H,1H3,(H2,10,12). The molecule has 2 heterocycles. The highest BCUT2D eigenvalue weighted by atomic mass is 16.5. The molecule has 0 bridgehead atoms. The maximum Gasteiger partial charge on any atom is 0.187 e. The summed E-state index contributed by atoms with van der Waals surface area (Å²) in [5.41, 5.74) is 7.30. The van der Waals surface area contributed by atoms with Gasteiger partial charge in [-0.15, -0.1) is 0 Å². The molecule has 2 aromatic heterocycles. The van der Waals surface area contributed by atoms with Gasteiger partial charge in [-0.2, -0.15) is 0 Å². The minimum Gasteiger partial charge on any atom is -0.381 e. The number of pyridine rings is 1. The second kappa shape index (κ2) is 2.90. The molecule has 0 radical (unpaired) electrons. The molecule has 0 aromatic carbocycles. The summed E-state index contributed by atoms with van der Waals surface area (Å²) in [5.74, 6) is 0.972. The minimum atomic E-state index is 0.373. The van der Waals surface area contributed by atoms with Crippen molar-refractivity contribution in [2.24, 2.45) is 0 Å². The third-order valence-electron chi connectivity index (χ3n) is 1.70. The SMILES string of the molecule is Cc1ccnc(-c2cc(N)no2)c1. The fourth-order valence-corrected chi connectivity index (χ4v) is 1.08. The van der Waals surface area contributed by atoms with E-state index in [0.29, 0.717) is 11.6 Å². The highest BCUT2D eigenvalue weighted by molar-refractivity contribution is 5.55. The first kappa shape index (κ1) is 7.79. The zero-order chi connectivity index (χ0) is 9.26. The lowest BCUT2D eigenvalue weighted by Gasteiger charge is -1.94. The van der Waals surface area contributed by atoms with Gasteiger partial charge in [0, 0.05) is 12.3 Å². The quantitative estimate of drug-likeness (QED) is 0.715. The maximum atomic E-state index is 5.42. The van der Waals surface area contributed by atoms with Crippen LogP contribution in [0.15, 0.2) is 28.9 Å².